The Hall–Kier alpha value is -2.57. The zero-order chi connectivity index (χ0) is 17.8. The Labute approximate surface area is 146 Å². The fourth-order valence-electron chi connectivity index (χ4n) is 3.04. The number of nitrogens with zero attached hydrogens (tertiary/aromatic N) is 5. The lowest BCUT2D eigenvalue weighted by Gasteiger charge is -2.31. The lowest BCUT2D eigenvalue weighted by molar-refractivity contribution is 0.0669. The minimum Gasteiger partial charge on any atom is -0.336 e. The molecule has 7 heteroatoms. The molecule has 1 aliphatic rings. The molecule has 3 rings (SSSR count). The maximum atomic E-state index is 12.4. The van der Waals surface area contributed by atoms with Gasteiger partial charge in [0.05, 0.1) is 12.0 Å². The summed E-state index contributed by atoms with van der Waals surface area (Å²) in [6.45, 7) is 6.01. The molecule has 132 valence electrons. The van der Waals surface area contributed by atoms with Crippen LogP contribution in [0, 0.1) is 5.92 Å². The number of aromatic nitrogens is 4. The molecule has 0 radical (unpaired) electrons. The van der Waals surface area contributed by atoms with E-state index in [1.54, 1.807) is 40.3 Å². The average Bonchev–Trinajstić information content (AvgIpc) is 2.64. The van der Waals surface area contributed by atoms with E-state index in [9.17, 15) is 9.59 Å². The molecule has 3 heterocycles. The maximum absolute atomic E-state index is 12.4. The molecule has 1 fully saturated rings. The van der Waals surface area contributed by atoms with Crippen molar-refractivity contribution in [2.45, 2.75) is 39.2 Å². The van der Waals surface area contributed by atoms with Crippen molar-refractivity contribution in [1.82, 2.24) is 24.4 Å². The van der Waals surface area contributed by atoms with Crippen molar-refractivity contribution < 1.29 is 4.79 Å². The molecule has 2 aromatic heterocycles. The Morgan fingerprint density at radius 1 is 1.20 bits per heavy atom. The number of hydrogen-bond donors (Lipinski definition) is 0. The van der Waals surface area contributed by atoms with Gasteiger partial charge in [-0.25, -0.2) is 15.0 Å². The van der Waals surface area contributed by atoms with Crippen LogP contribution in [0.2, 0.25) is 0 Å². The van der Waals surface area contributed by atoms with Crippen LogP contribution in [0.1, 0.15) is 48.9 Å². The smallest absolute Gasteiger partial charge is 0.291 e. The molecule has 25 heavy (non-hydrogen) atoms. The fraction of sp³-hybridized carbons (Fsp3) is 0.500. The van der Waals surface area contributed by atoms with Crippen LogP contribution in [0.4, 0.5) is 0 Å². The molecular weight excluding hydrogens is 318 g/mol. The number of amides is 1. The quantitative estimate of drug-likeness (QED) is 0.846. The third kappa shape index (κ3) is 4.10. The monoisotopic (exact) mass is 341 g/mol. The highest BCUT2D eigenvalue weighted by Gasteiger charge is 2.25. The number of piperidine rings is 1. The van der Waals surface area contributed by atoms with Gasteiger partial charge in [-0.05, 0) is 30.7 Å². The Kier molecular flexibility index (Phi) is 5.21. The Balaban J connectivity index is 1.58. The van der Waals surface area contributed by atoms with Gasteiger partial charge in [0.2, 0.25) is 5.82 Å². The maximum Gasteiger partial charge on any atom is 0.291 e. The molecule has 7 nitrogen and oxygen atoms in total. The third-order valence-corrected chi connectivity index (χ3v) is 4.61. The molecular formula is C18H23N5O2. The highest BCUT2D eigenvalue weighted by molar-refractivity contribution is 5.90. The number of carbonyl (C=O) groups excluding carboxylic acids is 1. The average molecular weight is 341 g/mol. The molecule has 0 unspecified atom stereocenters. The van der Waals surface area contributed by atoms with E-state index in [0.717, 1.165) is 18.5 Å². The van der Waals surface area contributed by atoms with Crippen molar-refractivity contribution in [3.8, 4) is 0 Å². The van der Waals surface area contributed by atoms with Crippen LogP contribution in [0.5, 0.6) is 0 Å². The van der Waals surface area contributed by atoms with Crippen molar-refractivity contribution in [3.05, 3.63) is 52.7 Å². The Morgan fingerprint density at radius 3 is 2.48 bits per heavy atom. The first-order chi connectivity index (χ1) is 12.0. The van der Waals surface area contributed by atoms with Crippen LogP contribution in [0.15, 0.2) is 35.6 Å². The second kappa shape index (κ2) is 7.55. The molecule has 0 aliphatic carbocycles. The number of carbonyl (C=O) groups is 1. The summed E-state index contributed by atoms with van der Waals surface area (Å²) in [6, 6.07) is 3.31. The summed E-state index contributed by atoms with van der Waals surface area (Å²) in [5.41, 5.74) is 0.819. The first-order valence-electron chi connectivity index (χ1n) is 8.67. The summed E-state index contributed by atoms with van der Waals surface area (Å²) >= 11 is 0. The van der Waals surface area contributed by atoms with Gasteiger partial charge in [0.15, 0.2) is 0 Å². The molecule has 0 spiro atoms. The van der Waals surface area contributed by atoms with Crippen molar-refractivity contribution in [2.24, 2.45) is 5.92 Å². The van der Waals surface area contributed by atoms with E-state index in [-0.39, 0.29) is 23.2 Å². The SMILES string of the molecule is CC(C)c1cc(=O)n(CC2CCN(C(=O)c3ncccn3)CC2)cn1. The van der Waals surface area contributed by atoms with Gasteiger partial charge >= 0.3 is 0 Å². The van der Waals surface area contributed by atoms with Crippen molar-refractivity contribution in [2.75, 3.05) is 13.1 Å². The fourth-order valence-corrected chi connectivity index (χ4v) is 3.04. The van der Waals surface area contributed by atoms with Gasteiger partial charge in [-0.3, -0.25) is 14.2 Å². The molecule has 0 atom stereocenters. The minimum atomic E-state index is -0.126. The predicted octanol–water partition coefficient (Wildman–Crippen LogP) is 1.71. The Morgan fingerprint density at radius 2 is 1.88 bits per heavy atom. The molecule has 0 N–H and O–H groups in total. The summed E-state index contributed by atoms with van der Waals surface area (Å²) in [6.07, 6.45) is 6.52. The van der Waals surface area contributed by atoms with Gasteiger partial charge in [-0.1, -0.05) is 13.8 Å². The molecule has 0 saturated carbocycles. The highest BCUT2D eigenvalue weighted by Crippen LogP contribution is 2.19. The third-order valence-electron chi connectivity index (χ3n) is 4.61. The molecule has 1 aliphatic heterocycles. The first kappa shape index (κ1) is 17.3. The van der Waals surface area contributed by atoms with Gasteiger partial charge < -0.3 is 4.90 Å². The van der Waals surface area contributed by atoms with Crippen LogP contribution in [-0.2, 0) is 6.54 Å². The molecule has 0 bridgehead atoms. The van der Waals surface area contributed by atoms with Gasteiger partial charge in [0.1, 0.15) is 0 Å². The molecule has 2 aromatic rings. The second-order valence-electron chi connectivity index (χ2n) is 6.77. The molecule has 1 amide bonds. The summed E-state index contributed by atoms with van der Waals surface area (Å²) < 4.78 is 1.67. The van der Waals surface area contributed by atoms with E-state index in [1.807, 2.05) is 13.8 Å². The van der Waals surface area contributed by atoms with Gasteiger partial charge in [-0.2, -0.15) is 0 Å². The van der Waals surface area contributed by atoms with Crippen molar-refractivity contribution >= 4 is 5.91 Å². The van der Waals surface area contributed by atoms with Crippen LogP contribution < -0.4 is 5.56 Å². The van der Waals surface area contributed by atoms with Crippen molar-refractivity contribution in [3.63, 3.8) is 0 Å². The normalized spacial score (nSPS) is 15.6. The van der Waals surface area contributed by atoms with E-state index in [2.05, 4.69) is 15.0 Å². The largest absolute Gasteiger partial charge is 0.336 e. The van der Waals surface area contributed by atoms with Crippen LogP contribution in [-0.4, -0.2) is 43.4 Å². The van der Waals surface area contributed by atoms with Crippen LogP contribution in [0.3, 0.4) is 0 Å². The standard InChI is InChI=1S/C18H23N5O2/c1-13(2)15-10-16(24)23(12-21-15)11-14-4-8-22(9-5-14)18(25)17-19-6-3-7-20-17/h3,6-7,10,12-14H,4-5,8-9,11H2,1-2H3. The summed E-state index contributed by atoms with van der Waals surface area (Å²) in [7, 11) is 0. The van der Waals surface area contributed by atoms with Crippen molar-refractivity contribution in [1.29, 1.82) is 0 Å². The highest BCUT2D eigenvalue weighted by atomic mass is 16.2. The zero-order valence-electron chi connectivity index (χ0n) is 14.6. The summed E-state index contributed by atoms with van der Waals surface area (Å²) in [5, 5.41) is 0. The van der Waals surface area contributed by atoms with E-state index in [0.29, 0.717) is 25.6 Å². The topological polar surface area (TPSA) is 81.0 Å². The first-order valence-corrected chi connectivity index (χ1v) is 8.67. The second-order valence-corrected chi connectivity index (χ2v) is 6.77. The lowest BCUT2D eigenvalue weighted by Crippen LogP contribution is -2.40. The molecule has 0 aromatic carbocycles. The summed E-state index contributed by atoms with van der Waals surface area (Å²) in [5.74, 6) is 0.728. The number of rotatable bonds is 4. The van der Waals surface area contributed by atoms with E-state index >= 15 is 0 Å². The predicted molar refractivity (Wildman–Crippen MR) is 93.2 cm³/mol. The Bertz CT molecular complexity index is 780. The number of likely N-dealkylation sites (tertiary alicyclic amines) is 1. The van der Waals surface area contributed by atoms with E-state index in [1.165, 1.54) is 0 Å². The van der Waals surface area contributed by atoms with Crippen LogP contribution >= 0.6 is 0 Å². The minimum absolute atomic E-state index is 0.00473. The van der Waals surface area contributed by atoms with E-state index < -0.39 is 0 Å². The van der Waals surface area contributed by atoms with E-state index in [4.69, 9.17) is 0 Å². The van der Waals surface area contributed by atoms with Crippen LogP contribution in [0.25, 0.3) is 0 Å². The zero-order valence-corrected chi connectivity index (χ0v) is 14.6. The lowest BCUT2D eigenvalue weighted by atomic mass is 9.96. The number of hydrogen-bond acceptors (Lipinski definition) is 5. The molecule has 1 saturated heterocycles. The van der Waals surface area contributed by atoms with Gasteiger partial charge in [0, 0.05) is 38.1 Å². The summed E-state index contributed by atoms with van der Waals surface area (Å²) in [4.78, 5) is 38.8. The van der Waals surface area contributed by atoms with Gasteiger partial charge in [-0.15, -0.1) is 0 Å². The van der Waals surface area contributed by atoms with Gasteiger partial charge in [0.25, 0.3) is 11.5 Å².